The number of likely N-dealkylation sites (tertiary alicyclic amines) is 1. The summed E-state index contributed by atoms with van der Waals surface area (Å²) < 4.78 is 0. The van der Waals surface area contributed by atoms with Crippen molar-refractivity contribution >= 4 is 0 Å². The molecule has 0 amide bonds. The van der Waals surface area contributed by atoms with E-state index in [0.29, 0.717) is 6.54 Å². The maximum Gasteiger partial charge on any atom is 0.0547 e. The average molecular weight is 205 g/mol. The second-order valence-electron chi connectivity index (χ2n) is 4.16. The van der Waals surface area contributed by atoms with Crippen LogP contribution in [0.5, 0.6) is 0 Å². The number of piperidine rings is 1. The first-order chi connectivity index (χ1) is 7.38. The number of nitrogens with zero attached hydrogens (tertiary/aromatic N) is 2. The first kappa shape index (κ1) is 10.6. The van der Waals surface area contributed by atoms with Gasteiger partial charge in [0, 0.05) is 13.1 Å². The van der Waals surface area contributed by atoms with Gasteiger partial charge in [-0.1, -0.05) is 12.5 Å². The highest BCUT2D eigenvalue weighted by Gasteiger charge is 2.10. The van der Waals surface area contributed by atoms with Crippen molar-refractivity contribution in [3.8, 4) is 0 Å². The molecular formula is C12H19N3. The monoisotopic (exact) mass is 205 g/mol. The van der Waals surface area contributed by atoms with E-state index >= 15 is 0 Å². The van der Waals surface area contributed by atoms with Gasteiger partial charge in [0.15, 0.2) is 0 Å². The lowest BCUT2D eigenvalue weighted by Gasteiger charge is -2.26. The minimum Gasteiger partial charge on any atom is -0.325 e. The third kappa shape index (κ3) is 3.01. The molecule has 1 aromatic heterocycles. The molecule has 1 fully saturated rings. The van der Waals surface area contributed by atoms with Crippen molar-refractivity contribution in [1.82, 2.24) is 9.88 Å². The van der Waals surface area contributed by atoms with E-state index in [0.717, 1.165) is 17.9 Å². The Hall–Kier alpha value is -0.930. The molecular weight excluding hydrogens is 186 g/mol. The molecule has 0 atom stereocenters. The van der Waals surface area contributed by atoms with Crippen LogP contribution >= 0.6 is 0 Å². The van der Waals surface area contributed by atoms with Crippen LogP contribution in [0.15, 0.2) is 18.2 Å². The highest BCUT2D eigenvalue weighted by atomic mass is 15.1. The first-order valence-corrected chi connectivity index (χ1v) is 5.76. The van der Waals surface area contributed by atoms with E-state index in [1.807, 2.05) is 6.07 Å². The topological polar surface area (TPSA) is 42.1 Å². The number of hydrogen-bond donors (Lipinski definition) is 1. The molecule has 3 heteroatoms. The Kier molecular flexibility index (Phi) is 3.69. The van der Waals surface area contributed by atoms with Crippen molar-refractivity contribution in [2.24, 2.45) is 5.73 Å². The Bertz CT molecular complexity index is 305. The lowest BCUT2D eigenvalue weighted by Crippen LogP contribution is -2.29. The van der Waals surface area contributed by atoms with Gasteiger partial charge in [-0.25, -0.2) is 0 Å². The maximum absolute atomic E-state index is 5.58. The zero-order chi connectivity index (χ0) is 10.5. The van der Waals surface area contributed by atoms with E-state index in [2.05, 4.69) is 22.0 Å². The Balaban J connectivity index is 1.96. The fourth-order valence-corrected chi connectivity index (χ4v) is 2.08. The van der Waals surface area contributed by atoms with Crippen molar-refractivity contribution in [2.75, 3.05) is 13.1 Å². The van der Waals surface area contributed by atoms with E-state index in [9.17, 15) is 0 Å². The van der Waals surface area contributed by atoms with Crippen LogP contribution in [0.2, 0.25) is 0 Å². The zero-order valence-electron chi connectivity index (χ0n) is 9.15. The molecule has 0 radical (unpaired) electrons. The van der Waals surface area contributed by atoms with Crippen LogP contribution in [0, 0.1) is 0 Å². The van der Waals surface area contributed by atoms with Crippen LogP contribution in [0.3, 0.4) is 0 Å². The van der Waals surface area contributed by atoms with Gasteiger partial charge >= 0.3 is 0 Å². The van der Waals surface area contributed by atoms with Crippen LogP contribution in [0.25, 0.3) is 0 Å². The van der Waals surface area contributed by atoms with Crippen molar-refractivity contribution in [1.29, 1.82) is 0 Å². The smallest absolute Gasteiger partial charge is 0.0547 e. The number of hydrogen-bond acceptors (Lipinski definition) is 3. The van der Waals surface area contributed by atoms with Crippen molar-refractivity contribution in [3.05, 3.63) is 29.6 Å². The maximum atomic E-state index is 5.58. The lowest BCUT2D eigenvalue weighted by atomic mass is 10.1. The molecule has 1 aliphatic heterocycles. The predicted molar refractivity (Wildman–Crippen MR) is 61.3 cm³/mol. The summed E-state index contributed by atoms with van der Waals surface area (Å²) in [6.07, 6.45) is 4.04. The van der Waals surface area contributed by atoms with E-state index in [4.69, 9.17) is 5.73 Å². The van der Waals surface area contributed by atoms with Crippen LogP contribution in [-0.4, -0.2) is 23.0 Å². The van der Waals surface area contributed by atoms with Gasteiger partial charge in [-0.15, -0.1) is 0 Å². The molecule has 2 rings (SSSR count). The summed E-state index contributed by atoms with van der Waals surface area (Å²) in [4.78, 5) is 7.00. The van der Waals surface area contributed by atoms with Gasteiger partial charge in [-0.3, -0.25) is 9.88 Å². The van der Waals surface area contributed by atoms with Crippen molar-refractivity contribution < 1.29 is 0 Å². The highest BCUT2D eigenvalue weighted by molar-refractivity contribution is 5.11. The number of nitrogens with two attached hydrogens (primary N) is 1. The Morgan fingerprint density at radius 3 is 2.60 bits per heavy atom. The van der Waals surface area contributed by atoms with Crippen LogP contribution in [0.1, 0.15) is 30.7 Å². The zero-order valence-corrected chi connectivity index (χ0v) is 9.15. The van der Waals surface area contributed by atoms with Crippen molar-refractivity contribution in [2.45, 2.75) is 32.4 Å². The quantitative estimate of drug-likeness (QED) is 0.813. The molecule has 0 aromatic carbocycles. The van der Waals surface area contributed by atoms with Crippen LogP contribution < -0.4 is 5.73 Å². The summed E-state index contributed by atoms with van der Waals surface area (Å²) >= 11 is 0. The summed E-state index contributed by atoms with van der Waals surface area (Å²) in [6, 6.07) is 6.13. The fourth-order valence-electron chi connectivity index (χ4n) is 2.08. The number of rotatable bonds is 3. The first-order valence-electron chi connectivity index (χ1n) is 5.76. The molecule has 0 aliphatic carbocycles. The molecule has 82 valence electrons. The molecule has 0 bridgehead atoms. The summed E-state index contributed by atoms with van der Waals surface area (Å²) in [5.74, 6) is 0. The van der Waals surface area contributed by atoms with Gasteiger partial charge in [0.25, 0.3) is 0 Å². The third-order valence-electron chi connectivity index (χ3n) is 2.91. The predicted octanol–water partition coefficient (Wildman–Crippen LogP) is 1.53. The van der Waals surface area contributed by atoms with E-state index in [1.54, 1.807) is 0 Å². The van der Waals surface area contributed by atoms with Crippen molar-refractivity contribution in [3.63, 3.8) is 0 Å². The normalized spacial score (nSPS) is 17.9. The lowest BCUT2D eigenvalue weighted by molar-refractivity contribution is 0.218. The average Bonchev–Trinajstić information content (AvgIpc) is 2.31. The molecule has 0 unspecified atom stereocenters. The molecule has 1 saturated heterocycles. The molecule has 1 aromatic rings. The minimum atomic E-state index is 0.536. The highest BCUT2D eigenvalue weighted by Crippen LogP contribution is 2.11. The SMILES string of the molecule is NCc1cccc(CN2CCCCC2)n1. The fraction of sp³-hybridized carbons (Fsp3) is 0.583. The molecule has 2 N–H and O–H groups in total. The van der Waals surface area contributed by atoms with Gasteiger partial charge in [-0.05, 0) is 38.1 Å². The number of pyridine rings is 1. The minimum absolute atomic E-state index is 0.536. The Morgan fingerprint density at radius 1 is 1.13 bits per heavy atom. The van der Waals surface area contributed by atoms with Gasteiger partial charge < -0.3 is 5.73 Å². The summed E-state index contributed by atoms with van der Waals surface area (Å²) in [6.45, 7) is 3.95. The molecule has 0 spiro atoms. The Morgan fingerprint density at radius 2 is 1.87 bits per heavy atom. The van der Waals surface area contributed by atoms with Gasteiger partial charge in [0.05, 0.1) is 11.4 Å². The van der Waals surface area contributed by atoms with Gasteiger partial charge in [-0.2, -0.15) is 0 Å². The molecule has 15 heavy (non-hydrogen) atoms. The molecule has 2 heterocycles. The van der Waals surface area contributed by atoms with E-state index < -0.39 is 0 Å². The summed E-state index contributed by atoms with van der Waals surface area (Å²) in [7, 11) is 0. The second kappa shape index (κ2) is 5.24. The molecule has 1 aliphatic rings. The summed E-state index contributed by atoms with van der Waals surface area (Å²) in [5, 5.41) is 0. The second-order valence-corrected chi connectivity index (χ2v) is 4.16. The molecule has 3 nitrogen and oxygen atoms in total. The van der Waals surface area contributed by atoms with Crippen LogP contribution in [0.4, 0.5) is 0 Å². The van der Waals surface area contributed by atoms with E-state index in [-0.39, 0.29) is 0 Å². The third-order valence-corrected chi connectivity index (χ3v) is 2.91. The molecule has 0 saturated carbocycles. The van der Waals surface area contributed by atoms with Gasteiger partial charge in [0.1, 0.15) is 0 Å². The largest absolute Gasteiger partial charge is 0.325 e. The van der Waals surface area contributed by atoms with Gasteiger partial charge in [0.2, 0.25) is 0 Å². The standard InChI is InChI=1S/C12H19N3/c13-9-11-5-4-6-12(14-11)10-15-7-2-1-3-8-15/h4-6H,1-3,7-10,13H2. The van der Waals surface area contributed by atoms with E-state index in [1.165, 1.54) is 32.4 Å². The summed E-state index contributed by atoms with van der Waals surface area (Å²) in [5.41, 5.74) is 7.72. The Labute approximate surface area is 91.3 Å². The van der Waals surface area contributed by atoms with Crippen LogP contribution in [-0.2, 0) is 13.1 Å². The number of aromatic nitrogens is 1.